The van der Waals surface area contributed by atoms with Crippen LogP contribution in [0.4, 0.5) is 16.5 Å². The van der Waals surface area contributed by atoms with Crippen molar-refractivity contribution in [2.75, 3.05) is 4.90 Å². The van der Waals surface area contributed by atoms with E-state index in [1.165, 1.54) is 48.5 Å². The van der Waals surface area contributed by atoms with Gasteiger partial charge in [-0.2, -0.15) is 0 Å². The summed E-state index contributed by atoms with van der Waals surface area (Å²) in [6, 6.07) is 56.3. The molecule has 3 heteroatoms. The number of hydrogen-bond acceptors (Lipinski definition) is 3. The smallest absolute Gasteiger partial charge is 0.195 e. The molecular formula is C39H26N2S. The summed E-state index contributed by atoms with van der Waals surface area (Å²) in [6.07, 6.45) is 0. The molecule has 0 saturated carbocycles. The molecule has 0 amide bonds. The van der Waals surface area contributed by atoms with Crippen LogP contribution in [0.25, 0.3) is 54.0 Å². The number of fused-ring (bicyclic) bond motifs is 3. The zero-order chi connectivity index (χ0) is 27.9. The highest BCUT2D eigenvalue weighted by molar-refractivity contribution is 7.22. The fourth-order valence-electron chi connectivity index (χ4n) is 5.76. The van der Waals surface area contributed by atoms with E-state index in [2.05, 4.69) is 157 Å². The van der Waals surface area contributed by atoms with Crippen LogP contribution in [0.2, 0.25) is 0 Å². The minimum absolute atomic E-state index is 0.951. The SMILES string of the molecule is c1ccc2cc(-c3ccc(N(c4ccc(-c5cccc6ccccc56)cc4)c4nc5ccccc5s4)cc3)ccc2c1. The highest BCUT2D eigenvalue weighted by Crippen LogP contribution is 2.41. The largest absolute Gasteiger partial charge is 0.286 e. The van der Waals surface area contributed by atoms with E-state index in [9.17, 15) is 0 Å². The zero-order valence-corrected chi connectivity index (χ0v) is 23.6. The minimum atomic E-state index is 0.951. The highest BCUT2D eigenvalue weighted by Gasteiger charge is 2.17. The van der Waals surface area contributed by atoms with Gasteiger partial charge in [0.25, 0.3) is 0 Å². The second-order valence-electron chi connectivity index (χ2n) is 10.5. The quantitative estimate of drug-likeness (QED) is 0.210. The minimum Gasteiger partial charge on any atom is -0.286 e. The number of rotatable bonds is 5. The lowest BCUT2D eigenvalue weighted by molar-refractivity contribution is 1.25. The fourth-order valence-corrected chi connectivity index (χ4v) is 6.77. The number of thiazole rings is 1. The summed E-state index contributed by atoms with van der Waals surface area (Å²) in [4.78, 5) is 7.31. The number of anilines is 3. The van der Waals surface area contributed by atoms with Gasteiger partial charge in [0, 0.05) is 11.4 Å². The molecule has 0 aliphatic heterocycles. The Labute approximate surface area is 248 Å². The van der Waals surface area contributed by atoms with Gasteiger partial charge in [0.05, 0.1) is 10.2 Å². The van der Waals surface area contributed by atoms with E-state index in [0.717, 1.165) is 22.0 Å². The summed E-state index contributed by atoms with van der Waals surface area (Å²) in [7, 11) is 0. The highest BCUT2D eigenvalue weighted by atomic mass is 32.1. The molecule has 0 bridgehead atoms. The zero-order valence-electron chi connectivity index (χ0n) is 22.8. The molecule has 8 rings (SSSR count). The number of benzene rings is 7. The van der Waals surface area contributed by atoms with E-state index in [1.807, 2.05) is 6.07 Å². The Morgan fingerprint density at radius 1 is 0.452 bits per heavy atom. The summed E-state index contributed by atoms with van der Waals surface area (Å²) in [5, 5.41) is 5.97. The van der Waals surface area contributed by atoms with Gasteiger partial charge < -0.3 is 0 Å². The molecule has 0 aliphatic carbocycles. The van der Waals surface area contributed by atoms with Gasteiger partial charge in [0.2, 0.25) is 0 Å². The molecule has 0 fully saturated rings. The lowest BCUT2D eigenvalue weighted by Crippen LogP contribution is -2.09. The molecule has 1 heterocycles. The first kappa shape index (κ1) is 24.5. The first-order chi connectivity index (χ1) is 20.8. The summed E-state index contributed by atoms with van der Waals surface area (Å²) in [6.45, 7) is 0. The lowest BCUT2D eigenvalue weighted by Gasteiger charge is -2.23. The van der Waals surface area contributed by atoms with Gasteiger partial charge >= 0.3 is 0 Å². The molecule has 0 saturated heterocycles. The van der Waals surface area contributed by atoms with E-state index in [4.69, 9.17) is 4.98 Å². The second kappa shape index (κ2) is 10.3. The summed E-state index contributed by atoms with van der Waals surface area (Å²) in [5.41, 5.74) is 8.03. The Morgan fingerprint density at radius 3 is 1.86 bits per heavy atom. The van der Waals surface area contributed by atoms with Crippen molar-refractivity contribution >= 4 is 59.6 Å². The molecule has 1 aromatic heterocycles. The number of nitrogens with zero attached hydrogens (tertiary/aromatic N) is 2. The van der Waals surface area contributed by atoms with Crippen LogP contribution in [0.3, 0.4) is 0 Å². The molecule has 42 heavy (non-hydrogen) atoms. The third-order valence-corrected chi connectivity index (χ3v) is 8.93. The van der Waals surface area contributed by atoms with Crippen LogP contribution in [0.15, 0.2) is 158 Å². The molecule has 0 N–H and O–H groups in total. The Hall–Kier alpha value is -5.25. The van der Waals surface area contributed by atoms with E-state index < -0.39 is 0 Å². The number of para-hydroxylation sites is 1. The molecular weight excluding hydrogens is 529 g/mol. The fraction of sp³-hybridized carbons (Fsp3) is 0. The van der Waals surface area contributed by atoms with Crippen molar-refractivity contribution in [1.29, 1.82) is 0 Å². The van der Waals surface area contributed by atoms with Gasteiger partial charge in [0.1, 0.15) is 0 Å². The normalized spacial score (nSPS) is 11.3. The molecule has 0 radical (unpaired) electrons. The van der Waals surface area contributed by atoms with Crippen molar-refractivity contribution < 1.29 is 0 Å². The van der Waals surface area contributed by atoms with Crippen molar-refractivity contribution in [1.82, 2.24) is 4.98 Å². The predicted molar refractivity (Wildman–Crippen MR) is 180 cm³/mol. The van der Waals surface area contributed by atoms with Gasteiger partial charge in [0.15, 0.2) is 5.13 Å². The topological polar surface area (TPSA) is 16.1 Å². The van der Waals surface area contributed by atoms with Crippen LogP contribution < -0.4 is 4.90 Å². The number of aromatic nitrogens is 1. The maximum Gasteiger partial charge on any atom is 0.195 e. The molecule has 0 aliphatic rings. The molecule has 198 valence electrons. The molecule has 2 nitrogen and oxygen atoms in total. The van der Waals surface area contributed by atoms with Gasteiger partial charge in [-0.15, -0.1) is 0 Å². The van der Waals surface area contributed by atoms with Gasteiger partial charge in [-0.25, -0.2) is 4.98 Å². The van der Waals surface area contributed by atoms with Crippen LogP contribution in [-0.2, 0) is 0 Å². The van der Waals surface area contributed by atoms with Crippen LogP contribution in [0.1, 0.15) is 0 Å². The Bertz CT molecular complexity index is 2160. The van der Waals surface area contributed by atoms with Crippen molar-refractivity contribution in [2.24, 2.45) is 0 Å². The Morgan fingerprint density at radius 2 is 1.07 bits per heavy atom. The third-order valence-electron chi connectivity index (χ3n) is 7.91. The summed E-state index contributed by atoms with van der Waals surface area (Å²) >= 11 is 1.71. The predicted octanol–water partition coefficient (Wildman–Crippen LogP) is 11.4. The van der Waals surface area contributed by atoms with Crippen LogP contribution in [-0.4, -0.2) is 4.98 Å². The summed E-state index contributed by atoms with van der Waals surface area (Å²) in [5.74, 6) is 0. The van der Waals surface area contributed by atoms with E-state index in [-0.39, 0.29) is 0 Å². The van der Waals surface area contributed by atoms with Crippen molar-refractivity contribution in [3.8, 4) is 22.3 Å². The van der Waals surface area contributed by atoms with Gasteiger partial charge in [-0.05, 0) is 86.3 Å². The lowest BCUT2D eigenvalue weighted by atomic mass is 9.98. The van der Waals surface area contributed by atoms with Gasteiger partial charge in [-0.3, -0.25) is 4.90 Å². The van der Waals surface area contributed by atoms with Crippen molar-refractivity contribution in [3.63, 3.8) is 0 Å². The molecule has 8 aromatic rings. The van der Waals surface area contributed by atoms with E-state index in [1.54, 1.807) is 11.3 Å². The first-order valence-electron chi connectivity index (χ1n) is 14.1. The third kappa shape index (κ3) is 4.41. The average molecular weight is 555 g/mol. The molecule has 7 aromatic carbocycles. The van der Waals surface area contributed by atoms with E-state index >= 15 is 0 Å². The Balaban J connectivity index is 1.20. The van der Waals surface area contributed by atoms with Crippen molar-refractivity contribution in [3.05, 3.63) is 158 Å². The van der Waals surface area contributed by atoms with Crippen LogP contribution in [0.5, 0.6) is 0 Å². The summed E-state index contributed by atoms with van der Waals surface area (Å²) < 4.78 is 1.18. The van der Waals surface area contributed by atoms with Crippen LogP contribution >= 0.6 is 11.3 Å². The molecule has 0 spiro atoms. The second-order valence-corrected chi connectivity index (χ2v) is 11.5. The maximum absolute atomic E-state index is 5.05. The number of hydrogen-bond donors (Lipinski definition) is 0. The van der Waals surface area contributed by atoms with E-state index in [0.29, 0.717) is 0 Å². The monoisotopic (exact) mass is 554 g/mol. The molecule has 0 unspecified atom stereocenters. The Kier molecular flexibility index (Phi) is 6.02. The van der Waals surface area contributed by atoms with Gasteiger partial charge in [-0.1, -0.05) is 127 Å². The maximum atomic E-state index is 5.05. The van der Waals surface area contributed by atoms with Crippen molar-refractivity contribution in [2.45, 2.75) is 0 Å². The standard InChI is InChI=1S/C39H26N2S/c1-2-10-31-26-32(17-16-27(31)8-1)28-18-22-33(23-19-28)41(39-40-37-14-5-6-15-38(37)42-39)34-24-20-30(21-25-34)36-13-7-11-29-9-3-4-12-35(29)36/h1-26H. The molecule has 0 atom stereocenters. The van der Waals surface area contributed by atoms with Crippen LogP contribution in [0, 0.1) is 0 Å². The first-order valence-corrected chi connectivity index (χ1v) is 14.9. The average Bonchev–Trinajstić information content (AvgIpc) is 3.49.